The molecule has 0 spiro atoms. The molecule has 8 rings (SSSR count). The molecule has 6 aromatic rings. The molecule has 2 aliphatic rings. The van der Waals surface area contributed by atoms with E-state index in [2.05, 4.69) is 20.6 Å². The van der Waals surface area contributed by atoms with Crippen molar-refractivity contribution in [3.8, 4) is 38.8 Å². The normalized spacial score (nSPS) is 13.4. The Kier molecular flexibility index (Phi) is 16.2. The number of carbonyl (C=O) groups excluding carboxylic acids is 6. The number of nitrogens with one attached hydrogen (secondary N) is 2. The van der Waals surface area contributed by atoms with Gasteiger partial charge in [0.1, 0.15) is 28.7 Å². The van der Waals surface area contributed by atoms with Crippen LogP contribution >= 0.6 is 22.7 Å². The van der Waals surface area contributed by atoms with E-state index < -0.39 is 41.2 Å². The fourth-order valence-electron chi connectivity index (χ4n) is 9.35. The number of nitrogens with zero attached hydrogens (tertiary/aromatic N) is 4. The minimum absolute atomic E-state index is 0.00940. The number of carbonyl (C=O) groups is 8. The fraction of sp³-hybridized carbons (Fsp3) is 0.286. The van der Waals surface area contributed by atoms with Gasteiger partial charge < -0.3 is 50.3 Å². The molecule has 22 heteroatoms. The number of aromatic carboxylic acids is 2. The van der Waals surface area contributed by atoms with Crippen LogP contribution in [0.4, 0.5) is 4.79 Å². The van der Waals surface area contributed by atoms with Gasteiger partial charge in [0.2, 0.25) is 11.8 Å². The zero-order valence-electron chi connectivity index (χ0n) is 43.2. The number of amides is 4. The summed E-state index contributed by atoms with van der Waals surface area (Å²) in [5.41, 5.74) is 2.08. The summed E-state index contributed by atoms with van der Waals surface area (Å²) in [6, 6.07) is 18.0. The van der Waals surface area contributed by atoms with Crippen molar-refractivity contribution >= 4 is 80.2 Å². The maximum absolute atomic E-state index is 13.9. The highest BCUT2D eigenvalue weighted by molar-refractivity contribution is 7.25. The standard InChI is InChI=1S/C56H54N6O14S2/c1-28-29(2)49(68)47(30(3)48(28)67)56(4,5)26-45(66)61(6)20-21-62(55(74)75-34-12-16-39-43(25-34)78-52(59-39)51-60-40(27-77-51)54(72)73)19-7-8-44(65)57-17-18-58-50(69)31-9-13-35(38(22-31)53(70)71)46-36-14-10-32(63)23-41(36)76-42-24-33(64)11-15-37(42)46/h9-16,22-25,27,46,63-64H,7-8,17-21,26H2,1-6H3,(H,57,65)(H,58,69)(H,70,71)(H,72,73). The lowest BCUT2D eigenvalue weighted by Crippen LogP contribution is -2.42. The highest BCUT2D eigenvalue weighted by Crippen LogP contribution is 2.50. The monoisotopic (exact) mass is 1100 g/mol. The van der Waals surface area contributed by atoms with E-state index in [1.165, 1.54) is 69.0 Å². The molecule has 4 aromatic carbocycles. The van der Waals surface area contributed by atoms with Crippen molar-refractivity contribution in [1.29, 1.82) is 0 Å². The Hall–Kier alpha value is -8.76. The Labute approximate surface area is 454 Å². The number of aromatic hydroxyl groups is 2. The molecule has 0 unspecified atom stereocenters. The average Bonchev–Trinajstić information content (AvgIpc) is 4.21. The first kappa shape index (κ1) is 55.5. The van der Waals surface area contributed by atoms with Gasteiger partial charge >= 0.3 is 18.0 Å². The molecule has 78 heavy (non-hydrogen) atoms. The lowest BCUT2D eigenvalue weighted by atomic mass is 9.71. The number of ether oxygens (including phenoxy) is 2. The summed E-state index contributed by atoms with van der Waals surface area (Å²) in [7, 11) is 1.56. The molecule has 20 nitrogen and oxygen atoms in total. The highest BCUT2D eigenvalue weighted by Gasteiger charge is 2.39. The minimum atomic E-state index is -1.30. The van der Waals surface area contributed by atoms with Crippen molar-refractivity contribution in [3.63, 3.8) is 0 Å². The molecule has 6 N–H and O–H groups in total. The summed E-state index contributed by atoms with van der Waals surface area (Å²) in [6.07, 6.45) is -0.779. The van der Waals surface area contributed by atoms with Gasteiger partial charge in [-0.25, -0.2) is 24.4 Å². The van der Waals surface area contributed by atoms with E-state index in [9.17, 15) is 58.8 Å². The number of rotatable bonds is 19. The van der Waals surface area contributed by atoms with Crippen LogP contribution in [0, 0.1) is 5.41 Å². The third kappa shape index (κ3) is 11.9. The molecule has 404 valence electrons. The van der Waals surface area contributed by atoms with Crippen LogP contribution in [0.15, 0.2) is 100 Å². The van der Waals surface area contributed by atoms with Crippen LogP contribution in [0.3, 0.4) is 0 Å². The van der Waals surface area contributed by atoms with E-state index in [0.29, 0.717) is 53.6 Å². The van der Waals surface area contributed by atoms with Gasteiger partial charge in [0.05, 0.1) is 15.8 Å². The second-order valence-electron chi connectivity index (χ2n) is 19.4. The van der Waals surface area contributed by atoms with Gasteiger partial charge in [-0.1, -0.05) is 32.0 Å². The smallest absolute Gasteiger partial charge is 0.415 e. The highest BCUT2D eigenvalue weighted by atomic mass is 32.1. The Morgan fingerprint density at radius 3 is 2.05 bits per heavy atom. The molecule has 0 bridgehead atoms. The molecule has 0 saturated carbocycles. The number of carboxylic acid groups (broad SMARTS) is 2. The predicted molar refractivity (Wildman–Crippen MR) is 288 cm³/mol. The predicted octanol–water partition coefficient (Wildman–Crippen LogP) is 8.32. The summed E-state index contributed by atoms with van der Waals surface area (Å²) in [4.78, 5) is 116. The average molecular weight is 1100 g/mol. The number of ketones is 2. The van der Waals surface area contributed by atoms with Crippen molar-refractivity contribution < 1.29 is 68.3 Å². The molecule has 0 saturated heterocycles. The molecule has 0 radical (unpaired) electrons. The maximum atomic E-state index is 13.9. The number of phenols is 2. The van der Waals surface area contributed by atoms with Crippen molar-refractivity contribution in [2.24, 2.45) is 5.41 Å². The first-order chi connectivity index (χ1) is 37.0. The van der Waals surface area contributed by atoms with Crippen LogP contribution < -0.4 is 20.1 Å². The Morgan fingerprint density at radius 2 is 1.40 bits per heavy atom. The lowest BCUT2D eigenvalue weighted by molar-refractivity contribution is -0.132. The Bertz CT molecular complexity index is 3490. The number of hydrogen-bond acceptors (Lipinski definition) is 16. The summed E-state index contributed by atoms with van der Waals surface area (Å²) in [5.74, 6) is -4.47. The number of likely N-dealkylation sites (N-methyl/N-ethyl adjacent to an activating group) is 1. The first-order valence-corrected chi connectivity index (χ1v) is 26.3. The number of allylic oxidation sites excluding steroid dienone is 4. The van der Waals surface area contributed by atoms with Crippen molar-refractivity contribution in [3.05, 3.63) is 134 Å². The van der Waals surface area contributed by atoms with Gasteiger partial charge in [-0.05, 0) is 69.2 Å². The van der Waals surface area contributed by atoms with Crippen LogP contribution in [-0.4, -0.2) is 127 Å². The van der Waals surface area contributed by atoms with Gasteiger partial charge in [-0.3, -0.25) is 24.0 Å². The molecule has 1 aliphatic carbocycles. The molecule has 0 fully saturated rings. The van der Waals surface area contributed by atoms with E-state index >= 15 is 0 Å². The van der Waals surface area contributed by atoms with Crippen LogP contribution in [0.2, 0.25) is 0 Å². The molecule has 0 atom stereocenters. The lowest BCUT2D eigenvalue weighted by Gasteiger charge is -2.33. The first-order valence-electron chi connectivity index (χ1n) is 24.6. The van der Waals surface area contributed by atoms with E-state index in [0.717, 1.165) is 11.3 Å². The van der Waals surface area contributed by atoms with E-state index in [-0.39, 0.29) is 121 Å². The van der Waals surface area contributed by atoms with Crippen LogP contribution in [0.5, 0.6) is 28.7 Å². The van der Waals surface area contributed by atoms with Crippen LogP contribution in [0.1, 0.15) is 108 Å². The van der Waals surface area contributed by atoms with Crippen molar-refractivity contribution in [2.75, 3.05) is 39.8 Å². The third-order valence-electron chi connectivity index (χ3n) is 13.6. The van der Waals surface area contributed by atoms with Gasteiger partial charge in [0.25, 0.3) is 5.91 Å². The van der Waals surface area contributed by atoms with Gasteiger partial charge in [-0.15, -0.1) is 22.7 Å². The van der Waals surface area contributed by atoms with Crippen LogP contribution in [0.25, 0.3) is 20.2 Å². The molecule has 4 amide bonds. The summed E-state index contributed by atoms with van der Waals surface area (Å²) >= 11 is 2.36. The second kappa shape index (κ2) is 22.8. The molecule has 2 aromatic heterocycles. The van der Waals surface area contributed by atoms with Crippen molar-refractivity contribution in [1.82, 2.24) is 30.4 Å². The molecule has 3 heterocycles. The number of hydrogen-bond donors (Lipinski definition) is 6. The second-order valence-corrected chi connectivity index (χ2v) is 21.3. The topological polar surface area (TPSA) is 292 Å². The zero-order valence-corrected chi connectivity index (χ0v) is 44.8. The number of benzene rings is 4. The number of phenolic OH excluding ortho intramolecular Hbond substituents is 2. The summed E-state index contributed by atoms with van der Waals surface area (Å²) < 4.78 is 12.4. The third-order valence-corrected chi connectivity index (χ3v) is 15.6. The van der Waals surface area contributed by atoms with Crippen molar-refractivity contribution in [2.45, 2.75) is 59.8 Å². The van der Waals surface area contributed by atoms with E-state index in [1.807, 2.05) is 0 Å². The number of thiazole rings is 2. The summed E-state index contributed by atoms with van der Waals surface area (Å²) in [5, 5.41) is 47.7. The number of Topliss-reactive ketones (excluding diaryl/α,β-unsaturated/α-hetero) is 2. The fourth-order valence-corrected chi connectivity index (χ4v) is 11.2. The summed E-state index contributed by atoms with van der Waals surface area (Å²) in [6.45, 7) is 8.28. The molecular weight excluding hydrogens is 1040 g/mol. The number of carboxylic acids is 2. The van der Waals surface area contributed by atoms with E-state index in [1.54, 1.807) is 72.0 Å². The SMILES string of the molecule is CC1=C(C)C(=O)C(C(C)(C)CC(=O)N(C)CCN(CCCC(=O)NCCNC(=O)c2ccc(C3c4ccc(O)cc4Oc4cc(O)ccc43)c(C(=O)O)c2)C(=O)Oc2ccc3nc(-c4nc(C(=O)O)cs4)sc3c2)=C(C)C1=O. The number of fused-ring (bicyclic) bond motifs is 3. The Morgan fingerprint density at radius 1 is 0.744 bits per heavy atom. The quantitative estimate of drug-likeness (QED) is 0.0328. The van der Waals surface area contributed by atoms with Gasteiger partial charge in [0, 0.05) is 127 Å². The number of aromatic nitrogens is 2. The largest absolute Gasteiger partial charge is 0.508 e. The minimum Gasteiger partial charge on any atom is -0.508 e. The molecular formula is C56H54N6O14S2. The Balaban J connectivity index is 0.890. The van der Waals surface area contributed by atoms with E-state index in [4.69, 9.17) is 9.47 Å². The van der Waals surface area contributed by atoms with Gasteiger partial charge in [0.15, 0.2) is 27.3 Å². The van der Waals surface area contributed by atoms with Crippen LogP contribution in [-0.2, 0) is 19.2 Å². The molecule has 1 aliphatic heterocycles. The van der Waals surface area contributed by atoms with Gasteiger partial charge in [-0.2, -0.15) is 0 Å². The maximum Gasteiger partial charge on any atom is 0.415 e. The zero-order chi connectivity index (χ0) is 56.3.